The summed E-state index contributed by atoms with van der Waals surface area (Å²) in [5, 5.41) is 2.72. The fourth-order valence-electron chi connectivity index (χ4n) is 3.83. The first-order chi connectivity index (χ1) is 14.9. The molecule has 31 heavy (non-hydrogen) atoms. The van der Waals surface area contributed by atoms with Crippen molar-refractivity contribution in [2.75, 3.05) is 0 Å². The Hall–Kier alpha value is -3.03. The maximum absolute atomic E-state index is 13.9. The lowest BCUT2D eigenvalue weighted by Gasteiger charge is -2.35. The van der Waals surface area contributed by atoms with Crippen molar-refractivity contribution >= 4 is 15.9 Å². The molecule has 3 aromatic rings. The zero-order chi connectivity index (χ0) is 22.0. The molecule has 0 radical (unpaired) electrons. The molecular formula is C24H23FN2O3S. The van der Waals surface area contributed by atoms with Crippen LogP contribution in [-0.2, 0) is 34.3 Å². The summed E-state index contributed by atoms with van der Waals surface area (Å²) in [6.45, 7) is 1.91. The zero-order valence-corrected chi connectivity index (χ0v) is 17.9. The quantitative estimate of drug-likeness (QED) is 0.662. The van der Waals surface area contributed by atoms with Crippen molar-refractivity contribution < 1.29 is 17.6 Å². The van der Waals surface area contributed by atoms with Crippen molar-refractivity contribution in [1.29, 1.82) is 0 Å². The van der Waals surface area contributed by atoms with Crippen molar-refractivity contribution in [2.24, 2.45) is 0 Å². The van der Waals surface area contributed by atoms with E-state index in [9.17, 15) is 17.6 Å². The second-order valence-electron chi connectivity index (χ2n) is 7.66. The van der Waals surface area contributed by atoms with Crippen molar-refractivity contribution in [3.05, 3.63) is 101 Å². The lowest BCUT2D eigenvalue weighted by Crippen LogP contribution is -2.52. The van der Waals surface area contributed by atoms with Crippen LogP contribution in [0, 0.1) is 12.7 Å². The summed E-state index contributed by atoms with van der Waals surface area (Å²) in [5.41, 5.74) is 2.97. The summed E-state index contributed by atoms with van der Waals surface area (Å²) in [6, 6.07) is 19.4. The zero-order valence-electron chi connectivity index (χ0n) is 17.1. The third-order valence-electron chi connectivity index (χ3n) is 5.52. The number of carbonyl (C=O) groups is 1. The molecule has 0 spiro atoms. The Morgan fingerprint density at radius 2 is 1.74 bits per heavy atom. The summed E-state index contributed by atoms with van der Waals surface area (Å²) in [7, 11) is -3.91. The minimum atomic E-state index is -3.91. The molecule has 1 atom stereocenters. The van der Waals surface area contributed by atoms with E-state index in [1.165, 1.54) is 16.4 Å². The Labute approximate surface area is 181 Å². The monoisotopic (exact) mass is 438 g/mol. The number of amides is 1. The number of benzene rings is 3. The molecular weight excluding hydrogens is 415 g/mol. The van der Waals surface area contributed by atoms with Gasteiger partial charge in [-0.15, -0.1) is 0 Å². The van der Waals surface area contributed by atoms with Crippen LogP contribution in [0.25, 0.3) is 0 Å². The number of aryl methyl sites for hydroxylation is 1. The molecule has 0 aliphatic carbocycles. The minimum absolute atomic E-state index is 0.0119. The molecule has 4 rings (SSSR count). The molecule has 160 valence electrons. The fourth-order valence-corrected chi connectivity index (χ4v) is 5.50. The van der Waals surface area contributed by atoms with Gasteiger partial charge in [0.05, 0.1) is 4.90 Å². The predicted molar refractivity (Wildman–Crippen MR) is 116 cm³/mol. The number of hydrogen-bond donors (Lipinski definition) is 1. The van der Waals surface area contributed by atoms with E-state index in [1.54, 1.807) is 30.3 Å². The average Bonchev–Trinajstić information content (AvgIpc) is 2.77. The largest absolute Gasteiger partial charge is 0.351 e. The summed E-state index contributed by atoms with van der Waals surface area (Å²) in [5.74, 6) is -0.866. The first kappa shape index (κ1) is 21.2. The number of nitrogens with one attached hydrogen (secondary N) is 1. The second-order valence-corrected chi connectivity index (χ2v) is 9.56. The van der Waals surface area contributed by atoms with Gasteiger partial charge in [-0.3, -0.25) is 4.79 Å². The van der Waals surface area contributed by atoms with Crippen molar-refractivity contribution in [2.45, 2.75) is 37.4 Å². The molecule has 1 aliphatic rings. The third-order valence-corrected chi connectivity index (χ3v) is 7.37. The Bertz CT molecular complexity index is 1230. The number of nitrogens with zero attached hydrogens (tertiary/aromatic N) is 1. The Balaban J connectivity index is 1.66. The number of rotatable bonds is 5. The van der Waals surface area contributed by atoms with Gasteiger partial charge in [-0.25, -0.2) is 12.8 Å². The Morgan fingerprint density at radius 1 is 1.03 bits per heavy atom. The average molecular weight is 439 g/mol. The van der Waals surface area contributed by atoms with Crippen molar-refractivity contribution in [3.63, 3.8) is 0 Å². The van der Waals surface area contributed by atoms with E-state index in [1.807, 2.05) is 37.3 Å². The van der Waals surface area contributed by atoms with Crippen LogP contribution in [0.5, 0.6) is 0 Å². The number of sulfonamides is 1. The van der Waals surface area contributed by atoms with Crippen LogP contribution in [0.1, 0.15) is 22.3 Å². The van der Waals surface area contributed by atoms with Crippen LogP contribution in [-0.4, -0.2) is 24.7 Å². The number of hydrogen-bond acceptors (Lipinski definition) is 3. The molecule has 0 saturated heterocycles. The highest BCUT2D eigenvalue weighted by Gasteiger charge is 2.39. The molecule has 5 nitrogen and oxygen atoms in total. The first-order valence-corrected chi connectivity index (χ1v) is 11.5. The summed E-state index contributed by atoms with van der Waals surface area (Å²) in [6.07, 6.45) is 0.254. The fraction of sp³-hybridized carbons (Fsp3) is 0.208. The van der Waals surface area contributed by atoms with Gasteiger partial charge in [0.15, 0.2) is 0 Å². The Kier molecular flexibility index (Phi) is 5.89. The maximum atomic E-state index is 13.9. The standard InChI is InChI=1S/C24H23FN2O3S/c1-17-7-6-11-21(13-17)31(29,30)27-16-20-10-3-2-8-18(20)14-23(27)24(28)26-15-19-9-4-5-12-22(19)25/h2-13,23H,14-16H2,1H3,(H,26,28). The van der Waals surface area contributed by atoms with Crippen molar-refractivity contribution in [3.8, 4) is 0 Å². The normalized spacial score (nSPS) is 16.5. The molecule has 7 heteroatoms. The van der Waals surface area contributed by atoms with E-state index in [4.69, 9.17) is 0 Å². The molecule has 0 aromatic heterocycles. The van der Waals surface area contributed by atoms with Gasteiger partial charge in [0.2, 0.25) is 15.9 Å². The molecule has 0 bridgehead atoms. The molecule has 1 amide bonds. The van der Waals surface area contributed by atoms with Gasteiger partial charge in [0.1, 0.15) is 11.9 Å². The van der Waals surface area contributed by atoms with E-state index < -0.39 is 27.8 Å². The first-order valence-electron chi connectivity index (χ1n) is 10.0. The highest BCUT2D eigenvalue weighted by molar-refractivity contribution is 7.89. The number of carbonyl (C=O) groups excluding carboxylic acids is 1. The molecule has 1 N–H and O–H groups in total. The van der Waals surface area contributed by atoms with Crippen LogP contribution in [0.4, 0.5) is 4.39 Å². The van der Waals surface area contributed by atoms with Gasteiger partial charge in [-0.2, -0.15) is 4.31 Å². The summed E-state index contributed by atoms with van der Waals surface area (Å²) in [4.78, 5) is 13.3. The molecule has 1 heterocycles. The summed E-state index contributed by atoms with van der Waals surface area (Å²) >= 11 is 0. The predicted octanol–water partition coefficient (Wildman–Crippen LogP) is 3.57. The van der Waals surface area contributed by atoms with Crippen LogP contribution in [0.2, 0.25) is 0 Å². The molecule has 1 aliphatic heterocycles. The van der Waals surface area contributed by atoms with Gasteiger partial charge in [-0.05, 0) is 48.2 Å². The molecule has 0 fully saturated rings. The molecule has 1 unspecified atom stereocenters. The van der Waals surface area contributed by atoms with Gasteiger partial charge < -0.3 is 5.32 Å². The Morgan fingerprint density at radius 3 is 2.48 bits per heavy atom. The lowest BCUT2D eigenvalue weighted by molar-refractivity contribution is -0.125. The minimum Gasteiger partial charge on any atom is -0.351 e. The highest BCUT2D eigenvalue weighted by Crippen LogP contribution is 2.29. The van der Waals surface area contributed by atoms with Crippen LogP contribution in [0.3, 0.4) is 0 Å². The third kappa shape index (κ3) is 4.38. The smallest absolute Gasteiger partial charge is 0.244 e. The van der Waals surface area contributed by atoms with Crippen LogP contribution < -0.4 is 5.32 Å². The molecule has 3 aromatic carbocycles. The second kappa shape index (κ2) is 8.61. The van der Waals surface area contributed by atoms with Crippen LogP contribution in [0.15, 0.2) is 77.7 Å². The van der Waals surface area contributed by atoms with Gasteiger partial charge in [0, 0.05) is 18.7 Å². The van der Waals surface area contributed by atoms with Gasteiger partial charge in [-0.1, -0.05) is 54.6 Å². The lowest BCUT2D eigenvalue weighted by atomic mass is 9.95. The SMILES string of the molecule is Cc1cccc(S(=O)(=O)N2Cc3ccccc3CC2C(=O)NCc2ccccc2F)c1. The van der Waals surface area contributed by atoms with E-state index in [0.29, 0.717) is 5.56 Å². The number of fused-ring (bicyclic) bond motifs is 1. The van der Waals surface area contributed by atoms with Gasteiger partial charge in [0.25, 0.3) is 0 Å². The van der Waals surface area contributed by atoms with Crippen molar-refractivity contribution in [1.82, 2.24) is 9.62 Å². The van der Waals surface area contributed by atoms with Crippen LogP contribution >= 0.6 is 0 Å². The summed E-state index contributed by atoms with van der Waals surface area (Å²) < 4.78 is 42.2. The van der Waals surface area contributed by atoms with Gasteiger partial charge >= 0.3 is 0 Å². The van der Waals surface area contributed by atoms with E-state index in [2.05, 4.69) is 5.32 Å². The number of halogens is 1. The maximum Gasteiger partial charge on any atom is 0.244 e. The van der Waals surface area contributed by atoms with E-state index in [-0.39, 0.29) is 24.4 Å². The molecule has 0 saturated carbocycles. The van der Waals surface area contributed by atoms with E-state index in [0.717, 1.165) is 16.7 Å². The highest BCUT2D eigenvalue weighted by atomic mass is 32.2. The topological polar surface area (TPSA) is 66.5 Å². The van der Waals surface area contributed by atoms with E-state index >= 15 is 0 Å².